The van der Waals surface area contributed by atoms with Crippen LogP contribution in [0.4, 0.5) is 5.82 Å². The molecule has 6 rings (SSSR count). The van der Waals surface area contributed by atoms with Gasteiger partial charge in [0.15, 0.2) is 0 Å². The van der Waals surface area contributed by atoms with Gasteiger partial charge < -0.3 is 20.9 Å². The van der Waals surface area contributed by atoms with Gasteiger partial charge in [-0.3, -0.25) is 4.98 Å². The second-order valence-electron chi connectivity index (χ2n) is 9.93. The van der Waals surface area contributed by atoms with Gasteiger partial charge in [0, 0.05) is 17.7 Å². The van der Waals surface area contributed by atoms with E-state index in [2.05, 4.69) is 53.7 Å². The summed E-state index contributed by atoms with van der Waals surface area (Å²) in [6, 6.07) is 4.54. The first kappa shape index (κ1) is 21.3. The molecule has 0 radical (unpaired) electrons. The average Bonchev–Trinajstić information content (AvgIpc) is 3.45. The Bertz CT molecular complexity index is 1260. The van der Waals surface area contributed by atoms with Crippen LogP contribution in [0.15, 0.2) is 21.6 Å². The highest BCUT2D eigenvalue weighted by atomic mass is 16.5. The highest BCUT2D eigenvalue weighted by molar-refractivity contribution is 6.08. The number of aliphatic imine (C=N–C) groups is 1. The number of fused-ring (bicyclic) bond motifs is 1. The molecule has 2 fully saturated rings. The van der Waals surface area contributed by atoms with Gasteiger partial charge in [0.25, 0.3) is 0 Å². The third-order valence-corrected chi connectivity index (χ3v) is 7.20. The predicted molar refractivity (Wildman–Crippen MR) is 132 cm³/mol. The van der Waals surface area contributed by atoms with E-state index >= 15 is 0 Å². The summed E-state index contributed by atoms with van der Waals surface area (Å²) in [7, 11) is 0. The predicted octanol–water partition coefficient (Wildman–Crippen LogP) is 3.92. The van der Waals surface area contributed by atoms with E-state index in [0.717, 1.165) is 72.9 Å². The molecular weight excluding hydrogens is 428 g/mol. The summed E-state index contributed by atoms with van der Waals surface area (Å²) in [4.78, 5) is 9.50. The van der Waals surface area contributed by atoms with Crippen molar-refractivity contribution in [1.82, 2.24) is 25.2 Å². The molecule has 4 N–H and O–H groups in total. The fourth-order valence-corrected chi connectivity index (χ4v) is 5.28. The zero-order chi connectivity index (χ0) is 23.4. The van der Waals surface area contributed by atoms with Crippen molar-refractivity contribution in [1.29, 1.82) is 0 Å². The van der Waals surface area contributed by atoms with Gasteiger partial charge in [-0.05, 0) is 77.1 Å². The number of rotatable bonds is 5. The molecule has 1 aliphatic carbocycles. The van der Waals surface area contributed by atoms with Gasteiger partial charge in [-0.25, -0.2) is 9.67 Å². The number of hydrogen-bond donors (Lipinski definition) is 3. The molecule has 5 heterocycles. The highest BCUT2D eigenvalue weighted by Crippen LogP contribution is 2.48. The quantitative estimate of drug-likeness (QED) is 0.528. The standard InChI is InChI=1S/C25H32N8O/c1-13(2)33-25-20(24(26)28-12-29-25)21(31-33)22-19(23(34-32-22)16-4-5-16)18-7-6-17(14(3)30-18)15-8-10-27-11-9-15/h6-7,13,15-16,27,29H,4-5,8-12H2,1-3H3,(H2,26,28). The van der Waals surface area contributed by atoms with E-state index in [1.807, 2.05) is 4.68 Å². The van der Waals surface area contributed by atoms with Crippen LogP contribution in [0, 0.1) is 6.92 Å². The van der Waals surface area contributed by atoms with Gasteiger partial charge in [0.05, 0.1) is 16.8 Å². The molecule has 0 amide bonds. The summed E-state index contributed by atoms with van der Waals surface area (Å²) in [5, 5.41) is 16.3. The number of nitrogens with two attached hydrogens (primary N) is 1. The van der Waals surface area contributed by atoms with Gasteiger partial charge in [0.1, 0.15) is 35.5 Å². The number of nitrogens with zero attached hydrogens (tertiary/aromatic N) is 5. The Morgan fingerprint density at radius 2 is 1.85 bits per heavy atom. The Kier molecular flexibility index (Phi) is 5.17. The van der Waals surface area contributed by atoms with Gasteiger partial charge in [-0.15, -0.1) is 0 Å². The fourth-order valence-electron chi connectivity index (χ4n) is 5.28. The minimum Gasteiger partial charge on any atom is -0.383 e. The van der Waals surface area contributed by atoms with E-state index in [1.165, 1.54) is 5.56 Å². The number of anilines is 1. The maximum absolute atomic E-state index is 6.37. The lowest BCUT2D eigenvalue weighted by Crippen LogP contribution is -2.27. The minimum absolute atomic E-state index is 0.156. The van der Waals surface area contributed by atoms with Crippen molar-refractivity contribution in [2.45, 2.75) is 64.3 Å². The average molecular weight is 461 g/mol. The number of amidine groups is 1. The van der Waals surface area contributed by atoms with Crippen molar-refractivity contribution >= 4 is 11.7 Å². The molecule has 1 saturated carbocycles. The molecule has 0 spiro atoms. The van der Waals surface area contributed by atoms with Crippen LogP contribution in [0.5, 0.6) is 0 Å². The van der Waals surface area contributed by atoms with E-state index in [9.17, 15) is 0 Å². The molecule has 2 aliphatic heterocycles. The van der Waals surface area contributed by atoms with Crippen LogP contribution in [0.2, 0.25) is 0 Å². The van der Waals surface area contributed by atoms with Gasteiger partial charge in [-0.2, -0.15) is 5.10 Å². The van der Waals surface area contributed by atoms with E-state index < -0.39 is 0 Å². The Morgan fingerprint density at radius 1 is 1.06 bits per heavy atom. The van der Waals surface area contributed by atoms with Crippen molar-refractivity contribution in [2.75, 3.05) is 25.1 Å². The van der Waals surface area contributed by atoms with Crippen molar-refractivity contribution in [2.24, 2.45) is 10.7 Å². The maximum atomic E-state index is 6.37. The number of nitrogens with one attached hydrogen (secondary N) is 2. The van der Waals surface area contributed by atoms with E-state index in [-0.39, 0.29) is 6.04 Å². The van der Waals surface area contributed by atoms with Crippen LogP contribution in [0.3, 0.4) is 0 Å². The third-order valence-electron chi connectivity index (χ3n) is 7.20. The number of piperidine rings is 1. The molecule has 9 heteroatoms. The summed E-state index contributed by atoms with van der Waals surface area (Å²) >= 11 is 0. The van der Waals surface area contributed by atoms with Crippen molar-refractivity contribution in [3.8, 4) is 22.6 Å². The van der Waals surface area contributed by atoms with Crippen LogP contribution >= 0.6 is 0 Å². The van der Waals surface area contributed by atoms with E-state index in [0.29, 0.717) is 35.7 Å². The summed E-state index contributed by atoms with van der Waals surface area (Å²) < 4.78 is 7.92. The number of pyridine rings is 1. The summed E-state index contributed by atoms with van der Waals surface area (Å²) in [6.07, 6.45) is 4.52. The Morgan fingerprint density at radius 3 is 2.56 bits per heavy atom. The van der Waals surface area contributed by atoms with Gasteiger partial charge in [0.2, 0.25) is 0 Å². The topological polar surface area (TPSA) is 119 Å². The molecule has 0 atom stereocenters. The Labute approximate surface area is 199 Å². The van der Waals surface area contributed by atoms with Crippen molar-refractivity contribution in [3.63, 3.8) is 0 Å². The smallest absolute Gasteiger partial charge is 0.149 e. The monoisotopic (exact) mass is 460 g/mol. The summed E-state index contributed by atoms with van der Waals surface area (Å²) in [5.41, 5.74) is 12.8. The Balaban J connectivity index is 1.49. The normalized spacial score (nSPS) is 18.6. The lowest BCUT2D eigenvalue weighted by molar-refractivity contribution is 0.386. The number of hydrogen-bond acceptors (Lipinski definition) is 8. The molecule has 0 aromatic carbocycles. The molecule has 34 heavy (non-hydrogen) atoms. The van der Waals surface area contributed by atoms with E-state index in [1.54, 1.807) is 0 Å². The maximum Gasteiger partial charge on any atom is 0.149 e. The Hall–Kier alpha value is -3.20. The highest BCUT2D eigenvalue weighted by Gasteiger charge is 2.37. The van der Waals surface area contributed by atoms with Crippen molar-refractivity contribution < 1.29 is 4.52 Å². The van der Waals surface area contributed by atoms with Crippen LogP contribution < -0.4 is 16.4 Å². The fraction of sp³-hybridized carbons (Fsp3) is 0.520. The lowest BCUT2D eigenvalue weighted by Gasteiger charge is -2.24. The first-order chi connectivity index (χ1) is 16.5. The van der Waals surface area contributed by atoms with Crippen LogP contribution in [-0.2, 0) is 0 Å². The SMILES string of the molecule is Cc1nc(-c2c(-c3nn(C(C)C)c4c3C(N)=NCN4)noc2C2CC2)ccc1C1CCNCC1. The molecule has 3 aromatic heterocycles. The van der Waals surface area contributed by atoms with Crippen LogP contribution in [0.1, 0.15) is 80.0 Å². The molecule has 0 bridgehead atoms. The second kappa shape index (κ2) is 8.23. The molecule has 3 aliphatic rings. The molecular formula is C25H32N8O. The first-order valence-electron chi connectivity index (χ1n) is 12.4. The van der Waals surface area contributed by atoms with Crippen molar-refractivity contribution in [3.05, 3.63) is 34.7 Å². The second-order valence-corrected chi connectivity index (χ2v) is 9.93. The molecule has 178 valence electrons. The first-order valence-corrected chi connectivity index (χ1v) is 12.4. The summed E-state index contributed by atoms with van der Waals surface area (Å²) in [5.74, 6) is 3.20. The summed E-state index contributed by atoms with van der Waals surface area (Å²) in [6.45, 7) is 8.89. The molecule has 1 saturated heterocycles. The van der Waals surface area contributed by atoms with Crippen LogP contribution in [-0.4, -0.2) is 45.5 Å². The largest absolute Gasteiger partial charge is 0.383 e. The lowest BCUT2D eigenvalue weighted by atomic mass is 9.89. The molecule has 9 nitrogen and oxygen atoms in total. The van der Waals surface area contributed by atoms with Gasteiger partial charge in [-0.1, -0.05) is 11.2 Å². The van der Waals surface area contributed by atoms with Crippen LogP contribution in [0.25, 0.3) is 22.6 Å². The zero-order valence-electron chi connectivity index (χ0n) is 20.1. The minimum atomic E-state index is 0.156. The van der Waals surface area contributed by atoms with Gasteiger partial charge >= 0.3 is 0 Å². The third kappa shape index (κ3) is 3.50. The number of aromatic nitrogens is 4. The zero-order valence-corrected chi connectivity index (χ0v) is 20.1. The molecule has 3 aromatic rings. The van der Waals surface area contributed by atoms with E-state index in [4.69, 9.17) is 20.3 Å². The molecule has 0 unspecified atom stereocenters. The number of aryl methyl sites for hydroxylation is 1.